The molecule has 31 heavy (non-hydrogen) atoms. The van der Waals surface area contributed by atoms with Crippen LogP contribution < -0.4 is 19.1 Å². The van der Waals surface area contributed by atoms with Crippen LogP contribution in [0.2, 0.25) is 0 Å². The lowest BCUT2D eigenvalue weighted by molar-refractivity contribution is -0.140. The van der Waals surface area contributed by atoms with Crippen LogP contribution in [0.25, 0.3) is 0 Å². The molecule has 1 fully saturated rings. The topological polar surface area (TPSA) is 68.2 Å². The molecule has 1 saturated heterocycles. The van der Waals surface area contributed by atoms with Gasteiger partial charge in [0.05, 0.1) is 18.3 Å². The molecule has 0 bridgehead atoms. The van der Waals surface area contributed by atoms with E-state index in [9.17, 15) is 23.1 Å². The van der Waals surface area contributed by atoms with Crippen LogP contribution in [0.3, 0.4) is 0 Å². The monoisotopic (exact) mass is 439 g/mol. The van der Waals surface area contributed by atoms with Gasteiger partial charge in [-0.05, 0) is 38.1 Å². The van der Waals surface area contributed by atoms with Crippen molar-refractivity contribution in [2.75, 3.05) is 25.2 Å². The summed E-state index contributed by atoms with van der Waals surface area (Å²) in [4.78, 5) is 14.3. The molecule has 0 aliphatic carbocycles. The molecule has 168 valence electrons. The first kappa shape index (κ1) is 22.7. The molecule has 1 heterocycles. The van der Waals surface area contributed by atoms with E-state index in [2.05, 4.69) is 0 Å². The van der Waals surface area contributed by atoms with E-state index in [-0.39, 0.29) is 25.3 Å². The third kappa shape index (κ3) is 5.41. The molecular weight excluding hydrogens is 415 g/mol. The van der Waals surface area contributed by atoms with Gasteiger partial charge in [0.2, 0.25) is 0 Å². The first-order valence-corrected chi connectivity index (χ1v) is 9.67. The fourth-order valence-electron chi connectivity index (χ4n) is 3.17. The Bertz CT molecular complexity index is 939. The molecule has 2 aromatic rings. The van der Waals surface area contributed by atoms with Gasteiger partial charge >= 0.3 is 6.18 Å². The Morgan fingerprint density at radius 2 is 1.81 bits per heavy atom. The zero-order valence-electron chi connectivity index (χ0n) is 17.4. The summed E-state index contributed by atoms with van der Waals surface area (Å²) in [5, 5.41) is 9.82. The van der Waals surface area contributed by atoms with Crippen molar-refractivity contribution in [3.05, 3.63) is 48.0 Å². The predicted molar refractivity (Wildman–Crippen MR) is 108 cm³/mol. The van der Waals surface area contributed by atoms with Crippen LogP contribution >= 0.6 is 0 Å². The van der Waals surface area contributed by atoms with E-state index in [0.717, 1.165) is 6.07 Å². The molecule has 1 unspecified atom stereocenters. The van der Waals surface area contributed by atoms with E-state index >= 15 is 0 Å². The van der Waals surface area contributed by atoms with E-state index in [0.29, 0.717) is 17.2 Å². The van der Waals surface area contributed by atoms with Gasteiger partial charge in [-0.3, -0.25) is 4.79 Å². The number of amides is 1. The van der Waals surface area contributed by atoms with Crippen molar-refractivity contribution in [1.29, 1.82) is 0 Å². The highest BCUT2D eigenvalue weighted by Crippen LogP contribution is 2.38. The average molecular weight is 439 g/mol. The van der Waals surface area contributed by atoms with Crippen molar-refractivity contribution >= 4 is 11.6 Å². The number of hydrogen-bond donors (Lipinski definition) is 1. The van der Waals surface area contributed by atoms with Gasteiger partial charge < -0.3 is 24.2 Å². The van der Waals surface area contributed by atoms with Gasteiger partial charge in [-0.15, -0.1) is 0 Å². The lowest BCUT2D eigenvalue weighted by Crippen LogP contribution is -2.32. The van der Waals surface area contributed by atoms with E-state index in [1.54, 1.807) is 32.0 Å². The zero-order chi connectivity index (χ0) is 22.8. The highest BCUT2D eigenvalue weighted by atomic mass is 19.4. The van der Waals surface area contributed by atoms with Crippen molar-refractivity contribution in [2.45, 2.75) is 38.1 Å². The third-order valence-corrected chi connectivity index (χ3v) is 4.66. The molecule has 2 aromatic carbocycles. The molecule has 9 heteroatoms. The number of carbonyl (C=O) groups excluding carboxylic acids is 1. The summed E-state index contributed by atoms with van der Waals surface area (Å²) >= 11 is 0. The molecule has 0 aromatic heterocycles. The number of nitrogens with zero attached hydrogens (tertiary/aromatic N) is 1. The highest BCUT2D eigenvalue weighted by molar-refractivity contribution is 5.99. The standard InChI is InChI=1S/C22H24F3NO5/c1-21(2,28)13-30-17-9-8-14(12-19(17)29-3)26-11-10-18(20(26)27)31-16-7-5-4-6-15(16)22(23,24)25/h4-9,12,18,28H,10-11,13H2,1-3H3. The number of para-hydroxylation sites is 1. The minimum Gasteiger partial charge on any atom is -0.493 e. The maximum absolute atomic E-state index is 13.2. The van der Waals surface area contributed by atoms with Crippen molar-refractivity contribution in [3.8, 4) is 17.2 Å². The molecule has 0 radical (unpaired) electrons. The Balaban J connectivity index is 1.76. The van der Waals surface area contributed by atoms with Gasteiger partial charge in [0.15, 0.2) is 17.6 Å². The first-order valence-electron chi connectivity index (χ1n) is 9.67. The lowest BCUT2D eigenvalue weighted by atomic mass is 10.2. The summed E-state index contributed by atoms with van der Waals surface area (Å²) in [6.07, 6.45) is -5.37. The molecule has 1 N–H and O–H groups in total. The molecule has 3 rings (SSSR count). The normalized spacial score (nSPS) is 17.1. The zero-order valence-corrected chi connectivity index (χ0v) is 17.4. The molecule has 0 saturated carbocycles. The SMILES string of the molecule is COc1cc(N2CCC(Oc3ccccc3C(F)(F)F)C2=O)ccc1OCC(C)(C)O. The minimum absolute atomic E-state index is 0.0415. The first-order chi connectivity index (χ1) is 14.5. The van der Waals surface area contributed by atoms with Gasteiger partial charge in [-0.1, -0.05) is 12.1 Å². The van der Waals surface area contributed by atoms with Crippen molar-refractivity contribution < 1.29 is 37.3 Å². The summed E-state index contributed by atoms with van der Waals surface area (Å²) in [5.41, 5.74) is -1.45. The van der Waals surface area contributed by atoms with Gasteiger partial charge in [-0.2, -0.15) is 13.2 Å². The van der Waals surface area contributed by atoms with E-state index in [1.807, 2.05) is 0 Å². The number of carbonyl (C=O) groups is 1. The maximum Gasteiger partial charge on any atom is 0.419 e. The Kier molecular flexibility index (Phi) is 6.35. The van der Waals surface area contributed by atoms with Gasteiger partial charge in [0.25, 0.3) is 5.91 Å². The molecule has 0 spiro atoms. The largest absolute Gasteiger partial charge is 0.493 e. The number of hydrogen-bond acceptors (Lipinski definition) is 5. The molecule has 1 aliphatic rings. The quantitative estimate of drug-likeness (QED) is 0.705. The Morgan fingerprint density at radius 1 is 1.10 bits per heavy atom. The van der Waals surface area contributed by atoms with Crippen LogP contribution in [0.5, 0.6) is 17.2 Å². The second-order valence-corrected chi connectivity index (χ2v) is 7.82. The Labute approximate surface area is 178 Å². The number of aliphatic hydroxyl groups is 1. The number of ether oxygens (including phenoxy) is 3. The maximum atomic E-state index is 13.2. The summed E-state index contributed by atoms with van der Waals surface area (Å²) in [7, 11) is 1.45. The number of halogens is 3. The smallest absolute Gasteiger partial charge is 0.419 e. The number of rotatable bonds is 7. The number of methoxy groups -OCH3 is 1. The average Bonchev–Trinajstić information content (AvgIpc) is 3.05. The fraction of sp³-hybridized carbons (Fsp3) is 0.409. The number of alkyl halides is 3. The number of anilines is 1. The second-order valence-electron chi connectivity index (χ2n) is 7.82. The molecular formula is C22H24F3NO5. The van der Waals surface area contributed by atoms with Crippen molar-refractivity contribution in [2.24, 2.45) is 0 Å². The predicted octanol–water partition coefficient (Wildman–Crippen LogP) is 4.05. The third-order valence-electron chi connectivity index (χ3n) is 4.66. The Morgan fingerprint density at radius 3 is 2.45 bits per heavy atom. The van der Waals surface area contributed by atoms with E-state index < -0.39 is 29.4 Å². The van der Waals surface area contributed by atoms with Gasteiger partial charge in [0.1, 0.15) is 12.4 Å². The van der Waals surface area contributed by atoms with Crippen molar-refractivity contribution in [1.82, 2.24) is 0 Å². The van der Waals surface area contributed by atoms with Crippen LogP contribution in [0, 0.1) is 0 Å². The van der Waals surface area contributed by atoms with Crippen LogP contribution in [0.15, 0.2) is 42.5 Å². The Hall–Kier alpha value is -2.94. The molecule has 1 amide bonds. The van der Waals surface area contributed by atoms with E-state index in [4.69, 9.17) is 14.2 Å². The minimum atomic E-state index is -4.58. The van der Waals surface area contributed by atoms with E-state index in [1.165, 1.54) is 30.2 Å². The highest BCUT2D eigenvalue weighted by Gasteiger charge is 2.38. The van der Waals surface area contributed by atoms with Gasteiger partial charge in [-0.25, -0.2) is 0 Å². The lowest BCUT2D eigenvalue weighted by Gasteiger charge is -2.22. The van der Waals surface area contributed by atoms with Crippen LogP contribution in [0.4, 0.5) is 18.9 Å². The molecule has 1 atom stereocenters. The fourth-order valence-corrected chi connectivity index (χ4v) is 3.17. The molecule has 1 aliphatic heterocycles. The van der Waals surface area contributed by atoms with Gasteiger partial charge in [0, 0.05) is 24.7 Å². The second kappa shape index (κ2) is 8.66. The summed E-state index contributed by atoms with van der Waals surface area (Å²) in [6.45, 7) is 3.53. The number of benzene rings is 2. The molecule has 6 nitrogen and oxygen atoms in total. The van der Waals surface area contributed by atoms with Crippen LogP contribution in [0.1, 0.15) is 25.8 Å². The van der Waals surface area contributed by atoms with Crippen LogP contribution in [-0.2, 0) is 11.0 Å². The van der Waals surface area contributed by atoms with Crippen molar-refractivity contribution in [3.63, 3.8) is 0 Å². The van der Waals surface area contributed by atoms with Crippen LogP contribution in [-0.4, -0.2) is 43.0 Å². The summed E-state index contributed by atoms with van der Waals surface area (Å²) in [6, 6.07) is 9.68. The summed E-state index contributed by atoms with van der Waals surface area (Å²) in [5.74, 6) is -0.0550. The summed E-state index contributed by atoms with van der Waals surface area (Å²) < 4.78 is 56.0.